The minimum absolute atomic E-state index is 0.00674. The molecule has 2 N–H and O–H groups in total. The third kappa shape index (κ3) is 14.8. The van der Waals surface area contributed by atoms with Crippen molar-refractivity contribution in [2.24, 2.45) is 5.73 Å². The summed E-state index contributed by atoms with van der Waals surface area (Å²) in [6.07, 6.45) is 14.3. The van der Waals surface area contributed by atoms with Crippen LogP contribution in [0, 0.1) is 10.1 Å². The van der Waals surface area contributed by atoms with Gasteiger partial charge in [0.1, 0.15) is 19.3 Å². The lowest BCUT2D eigenvalue weighted by molar-refractivity contribution is -0.385. The largest absolute Gasteiger partial charge is 0.461 e. The second-order valence-electron chi connectivity index (χ2n) is 10.3. The average Bonchev–Trinajstić information content (AvgIpc) is 2.96. The SMILES string of the molecule is C=CCOC(=O)CC(N)C(=O)OCc1ccc(C(=O)N(CCCCCCCC)CCCCCCCC)cc1[N+](=O)[O-]. The second-order valence-corrected chi connectivity index (χ2v) is 10.3. The zero-order valence-electron chi connectivity index (χ0n) is 24.9. The number of nitrogens with two attached hydrogens (primary N) is 1. The smallest absolute Gasteiger partial charge is 0.323 e. The number of nitrogens with zero attached hydrogens (tertiary/aromatic N) is 2. The first-order valence-electron chi connectivity index (χ1n) is 15.0. The summed E-state index contributed by atoms with van der Waals surface area (Å²) in [5.41, 5.74) is 5.75. The van der Waals surface area contributed by atoms with E-state index in [1.54, 1.807) is 0 Å². The average molecular weight is 576 g/mol. The van der Waals surface area contributed by atoms with Crippen LogP contribution < -0.4 is 5.73 Å². The maximum absolute atomic E-state index is 13.4. The molecule has 0 aliphatic carbocycles. The summed E-state index contributed by atoms with van der Waals surface area (Å²) < 4.78 is 9.93. The van der Waals surface area contributed by atoms with Gasteiger partial charge in [0, 0.05) is 24.7 Å². The summed E-state index contributed by atoms with van der Waals surface area (Å²) in [6, 6.07) is 2.93. The van der Waals surface area contributed by atoms with Gasteiger partial charge in [0.15, 0.2) is 0 Å². The van der Waals surface area contributed by atoms with Crippen LogP contribution in [0.2, 0.25) is 0 Å². The molecule has 0 heterocycles. The van der Waals surface area contributed by atoms with Crippen molar-refractivity contribution in [1.29, 1.82) is 0 Å². The van der Waals surface area contributed by atoms with E-state index in [2.05, 4.69) is 20.4 Å². The van der Waals surface area contributed by atoms with Crippen LogP contribution in [0.1, 0.15) is 113 Å². The van der Waals surface area contributed by atoms with Gasteiger partial charge in [0.2, 0.25) is 0 Å². The number of hydrogen-bond acceptors (Lipinski definition) is 8. The molecule has 1 atom stereocenters. The van der Waals surface area contributed by atoms with Crippen molar-refractivity contribution in [2.45, 2.75) is 110 Å². The number of nitro groups is 1. The Morgan fingerprint density at radius 2 is 1.51 bits per heavy atom. The summed E-state index contributed by atoms with van der Waals surface area (Å²) in [6.45, 7) is 8.58. The Hall–Kier alpha value is -3.27. The quantitative estimate of drug-likeness (QED) is 0.0531. The van der Waals surface area contributed by atoms with Crippen molar-refractivity contribution in [3.05, 3.63) is 52.1 Å². The molecule has 1 unspecified atom stereocenters. The van der Waals surface area contributed by atoms with Gasteiger partial charge in [-0.1, -0.05) is 90.7 Å². The summed E-state index contributed by atoms with van der Waals surface area (Å²) in [7, 11) is 0. The van der Waals surface area contributed by atoms with Crippen LogP contribution in [-0.4, -0.2) is 53.4 Å². The molecule has 0 saturated carbocycles. The Morgan fingerprint density at radius 3 is 2.05 bits per heavy atom. The molecule has 0 radical (unpaired) electrons. The van der Waals surface area contributed by atoms with Crippen LogP contribution in [0.3, 0.4) is 0 Å². The Morgan fingerprint density at radius 1 is 0.951 bits per heavy atom. The molecule has 1 aromatic carbocycles. The fourth-order valence-corrected chi connectivity index (χ4v) is 4.38. The van der Waals surface area contributed by atoms with Crippen LogP contribution in [0.5, 0.6) is 0 Å². The number of benzene rings is 1. The molecule has 0 aliphatic rings. The number of ether oxygens (including phenoxy) is 2. The van der Waals surface area contributed by atoms with E-state index in [9.17, 15) is 24.5 Å². The standard InChI is InChI=1S/C31H49N3O7/c1-4-7-9-11-13-15-19-33(20-16-14-12-10-8-5-2)30(36)25-17-18-26(28(22-25)34(38)39)24-41-31(37)27(32)23-29(35)40-21-6-3/h6,17-18,22,27H,3-5,7-16,19-21,23-24,32H2,1-2H3. The Kier molecular flexibility index (Phi) is 18.7. The maximum atomic E-state index is 13.4. The van der Waals surface area contributed by atoms with E-state index >= 15 is 0 Å². The first kappa shape index (κ1) is 35.8. The number of carbonyl (C=O) groups excluding carboxylic acids is 3. The molecule has 1 amide bonds. The van der Waals surface area contributed by atoms with E-state index in [0.29, 0.717) is 13.1 Å². The van der Waals surface area contributed by atoms with Crippen LogP contribution in [0.15, 0.2) is 30.9 Å². The lowest BCUT2D eigenvalue weighted by Crippen LogP contribution is -2.35. The Balaban J connectivity index is 2.88. The normalized spacial score (nSPS) is 11.5. The number of esters is 2. The van der Waals surface area contributed by atoms with Gasteiger partial charge in [-0.15, -0.1) is 0 Å². The van der Waals surface area contributed by atoms with E-state index in [1.165, 1.54) is 62.8 Å². The highest BCUT2D eigenvalue weighted by Gasteiger charge is 2.24. The lowest BCUT2D eigenvalue weighted by Gasteiger charge is -2.23. The minimum Gasteiger partial charge on any atom is -0.461 e. The second kappa shape index (κ2) is 21.5. The van der Waals surface area contributed by atoms with Crippen molar-refractivity contribution in [3.8, 4) is 0 Å². The lowest BCUT2D eigenvalue weighted by atomic mass is 10.1. The van der Waals surface area contributed by atoms with Crippen LogP contribution in [0.4, 0.5) is 5.69 Å². The molecule has 230 valence electrons. The molecule has 0 aromatic heterocycles. The van der Waals surface area contributed by atoms with Crippen LogP contribution >= 0.6 is 0 Å². The topological polar surface area (TPSA) is 142 Å². The monoisotopic (exact) mass is 575 g/mol. The Bertz CT molecular complexity index is 951. The number of nitro benzene ring substituents is 1. The summed E-state index contributed by atoms with van der Waals surface area (Å²) >= 11 is 0. The van der Waals surface area contributed by atoms with Crippen LogP contribution in [0.25, 0.3) is 0 Å². The van der Waals surface area contributed by atoms with Gasteiger partial charge in [0.25, 0.3) is 11.6 Å². The fraction of sp³-hybridized carbons (Fsp3) is 0.645. The third-order valence-corrected chi connectivity index (χ3v) is 6.80. The van der Waals surface area contributed by atoms with Gasteiger partial charge in [-0.3, -0.25) is 24.5 Å². The highest BCUT2D eigenvalue weighted by atomic mass is 16.6. The Labute approximate surface area is 244 Å². The predicted octanol–water partition coefficient (Wildman–Crippen LogP) is 6.25. The third-order valence-electron chi connectivity index (χ3n) is 6.80. The molecular formula is C31H49N3O7. The van der Waals surface area contributed by atoms with Gasteiger partial charge >= 0.3 is 11.9 Å². The summed E-state index contributed by atoms with van der Waals surface area (Å²) in [4.78, 5) is 50.4. The zero-order chi connectivity index (χ0) is 30.5. The molecule has 0 saturated heterocycles. The molecule has 10 heteroatoms. The van der Waals surface area contributed by atoms with E-state index in [-0.39, 0.29) is 29.3 Å². The van der Waals surface area contributed by atoms with E-state index in [1.807, 2.05) is 4.90 Å². The highest BCUT2D eigenvalue weighted by Crippen LogP contribution is 2.23. The number of amides is 1. The van der Waals surface area contributed by atoms with Gasteiger partial charge in [0.05, 0.1) is 16.9 Å². The first-order chi connectivity index (χ1) is 19.7. The van der Waals surface area contributed by atoms with Crippen molar-refractivity contribution in [3.63, 3.8) is 0 Å². The minimum atomic E-state index is -1.27. The van der Waals surface area contributed by atoms with Gasteiger partial charge < -0.3 is 20.1 Å². The number of unbranched alkanes of at least 4 members (excludes halogenated alkanes) is 10. The van der Waals surface area contributed by atoms with Crippen molar-refractivity contribution in [2.75, 3.05) is 19.7 Å². The summed E-state index contributed by atoms with van der Waals surface area (Å²) in [5, 5.41) is 11.8. The molecule has 0 bridgehead atoms. The fourth-order valence-electron chi connectivity index (χ4n) is 4.38. The van der Waals surface area contributed by atoms with Crippen molar-refractivity contribution in [1.82, 2.24) is 4.90 Å². The highest BCUT2D eigenvalue weighted by molar-refractivity contribution is 5.95. The predicted molar refractivity (Wildman–Crippen MR) is 159 cm³/mol. The van der Waals surface area contributed by atoms with Crippen molar-refractivity contribution >= 4 is 23.5 Å². The molecule has 41 heavy (non-hydrogen) atoms. The molecule has 1 rings (SSSR count). The van der Waals surface area contributed by atoms with E-state index in [0.717, 1.165) is 38.5 Å². The molecule has 0 spiro atoms. The van der Waals surface area contributed by atoms with E-state index in [4.69, 9.17) is 15.2 Å². The molecular weight excluding hydrogens is 526 g/mol. The number of carbonyl (C=O) groups is 3. The molecule has 10 nitrogen and oxygen atoms in total. The van der Waals surface area contributed by atoms with Crippen molar-refractivity contribution < 1.29 is 28.8 Å². The summed E-state index contributed by atoms with van der Waals surface area (Å²) in [5.74, 6) is -1.81. The zero-order valence-corrected chi connectivity index (χ0v) is 24.9. The number of rotatable bonds is 23. The van der Waals surface area contributed by atoms with Crippen LogP contribution in [-0.2, 0) is 25.7 Å². The molecule has 1 aromatic rings. The van der Waals surface area contributed by atoms with Gasteiger partial charge in [-0.2, -0.15) is 0 Å². The molecule has 0 aliphatic heterocycles. The van der Waals surface area contributed by atoms with Gasteiger partial charge in [-0.05, 0) is 25.0 Å². The maximum Gasteiger partial charge on any atom is 0.323 e. The first-order valence-corrected chi connectivity index (χ1v) is 15.0. The number of hydrogen-bond donors (Lipinski definition) is 1. The van der Waals surface area contributed by atoms with E-state index < -0.39 is 35.9 Å². The van der Waals surface area contributed by atoms with Gasteiger partial charge in [-0.25, -0.2) is 0 Å². The molecule has 0 fully saturated rings.